The summed E-state index contributed by atoms with van der Waals surface area (Å²) in [7, 11) is 0.879. The summed E-state index contributed by atoms with van der Waals surface area (Å²) >= 11 is 0. The number of rotatable bonds is 8. The highest BCUT2D eigenvalue weighted by Crippen LogP contribution is 2.57. The number of hydrogen-bond donors (Lipinski definition) is 0. The summed E-state index contributed by atoms with van der Waals surface area (Å²) in [6.45, 7) is 0. The van der Waals surface area contributed by atoms with Crippen molar-refractivity contribution in [3.8, 4) is 16.9 Å². The highest BCUT2D eigenvalue weighted by molar-refractivity contribution is 7.80. The zero-order valence-corrected chi connectivity index (χ0v) is 25.6. The average molecular weight is 565 g/mol. The Bertz CT molecular complexity index is 1300. The van der Waals surface area contributed by atoms with Crippen molar-refractivity contribution in [2.75, 3.05) is 7.11 Å². The zero-order valence-electron chi connectivity index (χ0n) is 23.8. The minimum Gasteiger partial charge on any atom is -0.496 e. The molecular weight excluding hydrogens is 522 g/mol. The maximum absolute atomic E-state index is 6.23. The molecule has 0 heterocycles. The van der Waals surface area contributed by atoms with Gasteiger partial charge in [-0.1, -0.05) is 144 Å². The Morgan fingerprint density at radius 1 is 0.525 bits per heavy atom. The number of benzene rings is 4. The number of methoxy groups -OCH3 is 1. The average Bonchev–Trinajstić information content (AvgIpc) is 3.04. The topological polar surface area (TPSA) is 9.23 Å². The summed E-state index contributed by atoms with van der Waals surface area (Å²) in [4.78, 5) is 0. The van der Waals surface area contributed by atoms with Gasteiger partial charge in [0.05, 0.1) is 7.11 Å². The number of hydrogen-bond acceptors (Lipinski definition) is 1. The minimum atomic E-state index is -0.717. The van der Waals surface area contributed by atoms with Gasteiger partial charge in [-0.3, -0.25) is 0 Å². The highest BCUT2D eigenvalue weighted by atomic mass is 31.1. The van der Waals surface area contributed by atoms with Crippen LogP contribution in [0.15, 0.2) is 103 Å². The summed E-state index contributed by atoms with van der Waals surface area (Å²) < 4.78 is 6.23. The van der Waals surface area contributed by atoms with Gasteiger partial charge in [-0.05, 0) is 77.8 Å². The molecule has 0 spiro atoms. The van der Waals surface area contributed by atoms with E-state index in [1.165, 1.54) is 91.2 Å². The van der Waals surface area contributed by atoms with Crippen molar-refractivity contribution in [1.29, 1.82) is 0 Å². The van der Waals surface area contributed by atoms with Crippen LogP contribution < -0.4 is 26.0 Å². The van der Waals surface area contributed by atoms with Crippen LogP contribution in [0.4, 0.5) is 0 Å². The SMILES string of the molecule is COc1cccc(P(C2CCCCC2)C2CCCCC2)c1-c1ccccc1P(c1ccccc1)c1ccccc1. The Morgan fingerprint density at radius 3 is 1.57 bits per heavy atom. The van der Waals surface area contributed by atoms with E-state index in [2.05, 4.69) is 103 Å². The normalized spacial score (nSPS) is 16.9. The summed E-state index contributed by atoms with van der Waals surface area (Å²) in [6, 6.07) is 38.5. The maximum atomic E-state index is 6.23. The Hall–Kier alpha value is -2.46. The Labute approximate surface area is 243 Å². The predicted octanol–water partition coefficient (Wildman–Crippen LogP) is 8.89. The molecule has 0 unspecified atom stereocenters. The first-order valence-corrected chi connectivity index (χ1v) is 18.1. The van der Waals surface area contributed by atoms with Gasteiger partial charge in [-0.25, -0.2) is 0 Å². The van der Waals surface area contributed by atoms with Gasteiger partial charge in [0.2, 0.25) is 0 Å². The van der Waals surface area contributed by atoms with Gasteiger partial charge in [-0.2, -0.15) is 0 Å². The molecule has 0 aromatic heterocycles. The standard InChI is InChI=1S/C37H42OP2/c1-38-34-26-16-28-36(40(31-21-10-4-11-22-31)32-23-12-5-13-24-32)37(34)33-25-14-15-27-35(33)39(29-17-6-2-7-18-29)30-19-8-3-9-20-30/h2-3,6-9,14-20,25-28,31-32H,4-5,10-13,21-24H2,1H3. The van der Waals surface area contributed by atoms with E-state index in [4.69, 9.17) is 4.74 Å². The molecule has 2 fully saturated rings. The predicted molar refractivity (Wildman–Crippen MR) is 177 cm³/mol. The van der Waals surface area contributed by atoms with E-state index in [0.29, 0.717) is 0 Å². The van der Waals surface area contributed by atoms with Crippen LogP contribution in [0.5, 0.6) is 5.75 Å². The highest BCUT2D eigenvalue weighted by Gasteiger charge is 2.35. The molecule has 1 nitrogen and oxygen atoms in total. The second kappa shape index (κ2) is 13.5. The molecule has 2 saturated carbocycles. The van der Waals surface area contributed by atoms with Gasteiger partial charge >= 0.3 is 0 Å². The van der Waals surface area contributed by atoms with Crippen molar-refractivity contribution >= 4 is 37.1 Å². The van der Waals surface area contributed by atoms with Crippen molar-refractivity contribution in [2.24, 2.45) is 0 Å². The summed E-state index contributed by atoms with van der Waals surface area (Å²) in [5, 5.41) is 5.84. The molecule has 0 saturated heterocycles. The third kappa shape index (κ3) is 5.93. The van der Waals surface area contributed by atoms with Crippen LogP contribution >= 0.6 is 15.8 Å². The van der Waals surface area contributed by atoms with Crippen molar-refractivity contribution in [3.05, 3.63) is 103 Å². The first-order valence-electron chi connectivity index (χ1n) is 15.3. The van der Waals surface area contributed by atoms with Crippen LogP contribution in [-0.2, 0) is 0 Å². The Kier molecular flexibility index (Phi) is 9.33. The molecule has 0 amide bonds. The van der Waals surface area contributed by atoms with Gasteiger partial charge in [0, 0.05) is 5.56 Å². The van der Waals surface area contributed by atoms with E-state index >= 15 is 0 Å². The van der Waals surface area contributed by atoms with Crippen molar-refractivity contribution < 1.29 is 4.74 Å². The first-order chi connectivity index (χ1) is 19.8. The molecule has 0 atom stereocenters. The summed E-state index contributed by atoms with van der Waals surface area (Å²) in [6.07, 6.45) is 14.1. The molecule has 3 heteroatoms. The minimum absolute atomic E-state index is 0.271. The fourth-order valence-electron chi connectivity index (χ4n) is 7.05. The quantitative estimate of drug-likeness (QED) is 0.194. The van der Waals surface area contributed by atoms with Crippen LogP contribution in [0.1, 0.15) is 64.2 Å². The molecule has 4 aromatic carbocycles. The van der Waals surface area contributed by atoms with Crippen LogP contribution in [0, 0.1) is 0 Å². The van der Waals surface area contributed by atoms with E-state index in [0.717, 1.165) is 17.1 Å². The van der Waals surface area contributed by atoms with Gasteiger partial charge < -0.3 is 4.74 Å². The van der Waals surface area contributed by atoms with Crippen LogP contribution in [-0.4, -0.2) is 18.4 Å². The third-order valence-electron chi connectivity index (χ3n) is 8.88. The number of ether oxygens (including phenoxy) is 1. The van der Waals surface area contributed by atoms with Crippen molar-refractivity contribution in [1.82, 2.24) is 0 Å². The van der Waals surface area contributed by atoms with Gasteiger partial charge in [0.25, 0.3) is 0 Å². The summed E-state index contributed by atoms with van der Waals surface area (Å²) in [5.41, 5.74) is 4.43. The molecule has 0 N–H and O–H groups in total. The summed E-state index contributed by atoms with van der Waals surface area (Å²) in [5.74, 6) is 1.04. The first kappa shape index (κ1) is 27.7. The molecule has 4 aromatic rings. The zero-order chi connectivity index (χ0) is 27.1. The van der Waals surface area contributed by atoms with Gasteiger partial charge in [0.1, 0.15) is 5.75 Å². The van der Waals surface area contributed by atoms with Crippen molar-refractivity contribution in [3.63, 3.8) is 0 Å². The monoisotopic (exact) mass is 564 g/mol. The molecule has 2 aliphatic carbocycles. The smallest absolute Gasteiger partial charge is 0.127 e. The molecule has 2 aliphatic rings. The Balaban J connectivity index is 1.55. The van der Waals surface area contributed by atoms with Gasteiger partial charge in [-0.15, -0.1) is 0 Å². The molecule has 40 heavy (non-hydrogen) atoms. The second-order valence-corrected chi connectivity index (χ2v) is 16.3. The molecule has 0 aliphatic heterocycles. The van der Waals surface area contributed by atoms with Gasteiger partial charge in [0.15, 0.2) is 0 Å². The van der Waals surface area contributed by atoms with E-state index in [1.807, 2.05) is 7.11 Å². The lowest BCUT2D eigenvalue weighted by molar-refractivity contribution is 0.417. The second-order valence-electron chi connectivity index (χ2n) is 11.4. The van der Waals surface area contributed by atoms with Crippen LogP contribution in [0.3, 0.4) is 0 Å². The Morgan fingerprint density at radius 2 is 1.02 bits per heavy atom. The van der Waals surface area contributed by atoms with Crippen LogP contribution in [0.25, 0.3) is 11.1 Å². The fraction of sp³-hybridized carbons (Fsp3) is 0.351. The largest absolute Gasteiger partial charge is 0.496 e. The molecule has 206 valence electrons. The molecule has 6 rings (SSSR count). The van der Waals surface area contributed by atoms with E-state index in [-0.39, 0.29) is 7.92 Å². The lowest BCUT2D eigenvalue weighted by Crippen LogP contribution is -2.28. The third-order valence-corrected chi connectivity index (χ3v) is 14.9. The fourth-order valence-corrected chi connectivity index (χ4v) is 13.5. The molecule has 0 radical (unpaired) electrons. The van der Waals surface area contributed by atoms with E-state index < -0.39 is 7.92 Å². The maximum Gasteiger partial charge on any atom is 0.127 e. The van der Waals surface area contributed by atoms with E-state index in [1.54, 1.807) is 5.30 Å². The molecule has 0 bridgehead atoms. The van der Waals surface area contributed by atoms with Crippen LogP contribution in [0.2, 0.25) is 0 Å². The molecular formula is C37H42OP2. The lowest BCUT2D eigenvalue weighted by Gasteiger charge is -2.40. The van der Waals surface area contributed by atoms with Crippen molar-refractivity contribution in [2.45, 2.75) is 75.5 Å². The van der Waals surface area contributed by atoms with E-state index in [9.17, 15) is 0 Å². The lowest BCUT2D eigenvalue weighted by atomic mass is 9.99.